The Labute approximate surface area is 474 Å². The van der Waals surface area contributed by atoms with Crippen molar-refractivity contribution in [1.82, 2.24) is 0 Å². The number of esters is 3. The molecule has 434 valence electrons. The van der Waals surface area contributed by atoms with Crippen LogP contribution in [0.25, 0.3) is 0 Å². The Hall–Kier alpha value is -4.71. The Morgan fingerprint density at radius 2 is 0.558 bits per heavy atom. The maximum absolute atomic E-state index is 12.9. The van der Waals surface area contributed by atoms with Gasteiger partial charge in [-0.3, -0.25) is 14.4 Å². The van der Waals surface area contributed by atoms with Gasteiger partial charge in [0.15, 0.2) is 6.10 Å². The van der Waals surface area contributed by atoms with Crippen molar-refractivity contribution in [2.24, 2.45) is 0 Å². The van der Waals surface area contributed by atoms with E-state index in [4.69, 9.17) is 14.2 Å². The van der Waals surface area contributed by atoms with Crippen molar-refractivity contribution in [3.8, 4) is 0 Å². The lowest BCUT2D eigenvalue weighted by Crippen LogP contribution is -2.30. The van der Waals surface area contributed by atoms with Gasteiger partial charge in [0.25, 0.3) is 0 Å². The number of hydrogen-bond donors (Lipinski definition) is 0. The standard InChI is InChI=1S/C71H114O6/c1-4-7-10-13-16-19-22-25-28-30-32-33-34-35-36-37-39-40-43-46-49-52-55-58-61-64-70(73)76-67-68(66-75-69(72)63-60-57-54-51-48-45-42-27-24-21-18-15-12-9-6-3)77-71(74)65-62-59-56-53-50-47-44-41-38-31-29-26-23-20-17-14-11-8-5-2/h7,9-10,12,16-21,25-29,32-33,35-36,42,48,51,57,60,68H,4-6,8,11,13-15,22-24,30-31,34,37-41,43-47,49-50,52-56,58-59,61-67H2,1-3H3/b10-7-,12-9-,19-16-,20-17-,21-18-,28-25-,29-26-,33-32-,36-35-,42-27-,51-48-,60-57-. The molecule has 0 rings (SSSR count). The van der Waals surface area contributed by atoms with E-state index in [1.807, 2.05) is 6.08 Å². The van der Waals surface area contributed by atoms with E-state index in [-0.39, 0.29) is 31.6 Å². The number of carbonyl (C=O) groups excluding carboxylic acids is 3. The van der Waals surface area contributed by atoms with Crippen LogP contribution < -0.4 is 0 Å². The highest BCUT2D eigenvalue weighted by atomic mass is 16.6. The van der Waals surface area contributed by atoms with Crippen molar-refractivity contribution >= 4 is 17.9 Å². The third-order valence-electron chi connectivity index (χ3n) is 12.8. The number of ether oxygens (including phenoxy) is 3. The zero-order valence-corrected chi connectivity index (χ0v) is 49.7. The molecule has 0 heterocycles. The van der Waals surface area contributed by atoms with E-state index < -0.39 is 12.1 Å². The van der Waals surface area contributed by atoms with E-state index in [9.17, 15) is 14.4 Å². The van der Waals surface area contributed by atoms with Gasteiger partial charge in [0.1, 0.15) is 13.2 Å². The minimum Gasteiger partial charge on any atom is -0.462 e. The normalized spacial score (nSPS) is 13.1. The summed E-state index contributed by atoms with van der Waals surface area (Å²) >= 11 is 0. The first-order valence-corrected chi connectivity index (χ1v) is 31.3. The van der Waals surface area contributed by atoms with Gasteiger partial charge in [-0.25, -0.2) is 0 Å². The second-order valence-electron chi connectivity index (χ2n) is 20.2. The summed E-state index contributed by atoms with van der Waals surface area (Å²) in [4.78, 5) is 38.2. The number of hydrogen-bond acceptors (Lipinski definition) is 6. The second kappa shape index (κ2) is 63.8. The first-order chi connectivity index (χ1) is 38.0. The van der Waals surface area contributed by atoms with Gasteiger partial charge in [-0.2, -0.15) is 0 Å². The van der Waals surface area contributed by atoms with Crippen LogP contribution >= 0.6 is 0 Å². The largest absolute Gasteiger partial charge is 0.462 e. The molecule has 0 fully saturated rings. The van der Waals surface area contributed by atoms with Crippen molar-refractivity contribution in [1.29, 1.82) is 0 Å². The van der Waals surface area contributed by atoms with Crippen LogP contribution in [0.3, 0.4) is 0 Å². The van der Waals surface area contributed by atoms with Crippen LogP contribution in [-0.2, 0) is 28.6 Å². The summed E-state index contributed by atoms with van der Waals surface area (Å²) in [5.41, 5.74) is 0. The van der Waals surface area contributed by atoms with Gasteiger partial charge in [0.2, 0.25) is 0 Å². The topological polar surface area (TPSA) is 78.9 Å². The molecular weight excluding hydrogens is 949 g/mol. The number of carbonyl (C=O) groups is 3. The van der Waals surface area contributed by atoms with Crippen LogP contribution in [0.2, 0.25) is 0 Å². The van der Waals surface area contributed by atoms with Crippen LogP contribution in [-0.4, -0.2) is 37.2 Å². The van der Waals surface area contributed by atoms with Crippen molar-refractivity contribution in [3.05, 3.63) is 146 Å². The van der Waals surface area contributed by atoms with Crippen LogP contribution in [0.5, 0.6) is 0 Å². The quantitative estimate of drug-likeness (QED) is 0.0261. The van der Waals surface area contributed by atoms with Crippen molar-refractivity contribution < 1.29 is 28.6 Å². The Balaban J connectivity index is 4.46. The van der Waals surface area contributed by atoms with Crippen LogP contribution in [0.1, 0.15) is 265 Å². The Bertz CT molecular complexity index is 1700. The molecule has 77 heavy (non-hydrogen) atoms. The minimum atomic E-state index is -0.830. The van der Waals surface area contributed by atoms with Gasteiger partial charge in [-0.05, 0) is 122 Å². The lowest BCUT2D eigenvalue weighted by molar-refractivity contribution is -0.166. The maximum atomic E-state index is 12.9. The summed E-state index contributed by atoms with van der Waals surface area (Å²) in [5, 5.41) is 0. The minimum absolute atomic E-state index is 0.118. The molecule has 0 aromatic rings. The predicted molar refractivity (Wildman–Crippen MR) is 334 cm³/mol. The number of rotatable bonds is 55. The van der Waals surface area contributed by atoms with Crippen LogP contribution in [0.15, 0.2) is 146 Å². The van der Waals surface area contributed by atoms with E-state index >= 15 is 0 Å². The van der Waals surface area contributed by atoms with Gasteiger partial charge in [-0.15, -0.1) is 0 Å². The molecule has 0 spiro atoms. The molecular formula is C71H114O6. The van der Waals surface area contributed by atoms with Crippen molar-refractivity contribution in [2.45, 2.75) is 271 Å². The first kappa shape index (κ1) is 72.3. The Morgan fingerprint density at radius 3 is 0.909 bits per heavy atom. The maximum Gasteiger partial charge on any atom is 0.309 e. The lowest BCUT2D eigenvalue weighted by Gasteiger charge is -2.18. The molecule has 0 amide bonds. The van der Waals surface area contributed by atoms with Gasteiger partial charge in [-0.1, -0.05) is 269 Å². The molecule has 0 aliphatic carbocycles. The predicted octanol–water partition coefficient (Wildman–Crippen LogP) is 21.5. The first-order valence-electron chi connectivity index (χ1n) is 31.3. The van der Waals surface area contributed by atoms with E-state index in [2.05, 4.69) is 154 Å². The molecule has 1 atom stereocenters. The number of allylic oxidation sites excluding steroid dienone is 23. The van der Waals surface area contributed by atoms with Gasteiger partial charge < -0.3 is 14.2 Å². The molecule has 0 aromatic carbocycles. The summed E-state index contributed by atoms with van der Waals surface area (Å²) in [5.74, 6) is -1.06. The molecule has 0 bridgehead atoms. The third-order valence-corrected chi connectivity index (χ3v) is 12.8. The Kier molecular flexibility index (Phi) is 59.9. The van der Waals surface area contributed by atoms with Gasteiger partial charge >= 0.3 is 17.9 Å². The van der Waals surface area contributed by atoms with E-state index in [0.29, 0.717) is 12.8 Å². The fourth-order valence-corrected chi connectivity index (χ4v) is 8.22. The smallest absolute Gasteiger partial charge is 0.309 e. The highest BCUT2D eigenvalue weighted by Gasteiger charge is 2.19. The Morgan fingerprint density at radius 1 is 0.286 bits per heavy atom. The molecule has 0 aliphatic heterocycles. The van der Waals surface area contributed by atoms with Crippen LogP contribution in [0, 0.1) is 0 Å². The zero-order chi connectivity index (χ0) is 55.7. The molecule has 6 heteroatoms. The summed E-state index contributed by atoms with van der Waals surface area (Å²) < 4.78 is 16.8. The second-order valence-corrected chi connectivity index (χ2v) is 20.2. The van der Waals surface area contributed by atoms with Crippen LogP contribution in [0.4, 0.5) is 0 Å². The molecule has 0 aromatic heterocycles. The summed E-state index contributed by atoms with van der Waals surface area (Å²) in [6.07, 6.45) is 91.6. The number of unbranched alkanes of at least 4 members (excludes halogenated alkanes) is 21. The molecule has 0 saturated carbocycles. The van der Waals surface area contributed by atoms with E-state index in [1.54, 1.807) is 6.08 Å². The monoisotopic (exact) mass is 1060 g/mol. The summed E-state index contributed by atoms with van der Waals surface area (Å²) in [7, 11) is 0. The highest BCUT2D eigenvalue weighted by molar-refractivity contribution is 5.72. The molecule has 1 unspecified atom stereocenters. The zero-order valence-electron chi connectivity index (χ0n) is 49.7. The van der Waals surface area contributed by atoms with Gasteiger partial charge in [0, 0.05) is 12.8 Å². The molecule has 0 N–H and O–H groups in total. The fraction of sp³-hybridized carbons (Fsp3) is 0.620. The SMILES string of the molecule is CC/C=C\C/C=C\C/C=C\C/C=C\C/C=C\CCCCCCCCCCCC(=O)OCC(COC(=O)C/C=C\C/C=C\C/C=C\C/C=C\C/C=C\CC)OC(=O)CCCCCCCCCCC/C=C\C/C=C\CCCCC. The van der Waals surface area contributed by atoms with Crippen molar-refractivity contribution in [3.63, 3.8) is 0 Å². The van der Waals surface area contributed by atoms with Gasteiger partial charge in [0.05, 0.1) is 6.42 Å². The molecule has 0 aliphatic rings. The average molecular weight is 1060 g/mol. The highest BCUT2D eigenvalue weighted by Crippen LogP contribution is 2.15. The summed E-state index contributed by atoms with van der Waals surface area (Å²) in [6, 6.07) is 0. The molecule has 6 nitrogen and oxygen atoms in total. The van der Waals surface area contributed by atoms with Crippen molar-refractivity contribution in [2.75, 3.05) is 13.2 Å². The lowest BCUT2D eigenvalue weighted by atomic mass is 10.1. The van der Waals surface area contributed by atoms with E-state index in [0.717, 1.165) is 116 Å². The molecule has 0 radical (unpaired) electrons. The van der Waals surface area contributed by atoms with E-state index in [1.165, 1.54) is 109 Å². The summed E-state index contributed by atoms with van der Waals surface area (Å²) in [6.45, 7) is 6.29. The average Bonchev–Trinajstić information content (AvgIpc) is 3.43. The molecule has 0 saturated heterocycles. The third kappa shape index (κ3) is 62.0. The fourth-order valence-electron chi connectivity index (χ4n) is 8.22.